The van der Waals surface area contributed by atoms with Gasteiger partial charge in [-0.25, -0.2) is 0 Å². The molecule has 2 aromatic rings. The molecule has 0 spiro atoms. The van der Waals surface area contributed by atoms with E-state index in [1.54, 1.807) is 13.4 Å². The molecule has 158 valence electrons. The molecular weight excluding hydrogens is 374 g/mol. The summed E-state index contributed by atoms with van der Waals surface area (Å²) in [5, 5.41) is 13.2. The lowest BCUT2D eigenvalue weighted by molar-refractivity contribution is -0.166. The van der Waals surface area contributed by atoms with Crippen molar-refractivity contribution >= 4 is 16.9 Å². The molecule has 7 nitrogen and oxygen atoms in total. The van der Waals surface area contributed by atoms with Crippen LogP contribution in [0.25, 0.3) is 11.0 Å². The van der Waals surface area contributed by atoms with Crippen LogP contribution < -0.4 is 5.32 Å². The lowest BCUT2D eigenvalue weighted by Gasteiger charge is -2.36. The number of methoxy groups -OCH3 is 1. The Labute approximate surface area is 170 Å². The average molecular weight is 403 g/mol. The minimum Gasteiger partial charge on any atom is -0.464 e. The van der Waals surface area contributed by atoms with Crippen molar-refractivity contribution in [2.75, 3.05) is 33.5 Å². The molecule has 0 saturated heterocycles. The van der Waals surface area contributed by atoms with E-state index in [1.807, 2.05) is 37.3 Å². The zero-order valence-corrected chi connectivity index (χ0v) is 16.9. The van der Waals surface area contributed by atoms with Crippen LogP contribution in [0, 0.1) is 5.92 Å². The zero-order valence-electron chi connectivity index (χ0n) is 16.9. The Hall–Kier alpha value is -2.35. The monoisotopic (exact) mass is 403 g/mol. The van der Waals surface area contributed by atoms with Crippen LogP contribution in [0.5, 0.6) is 0 Å². The first-order valence-corrected chi connectivity index (χ1v) is 10.0. The molecule has 3 rings (SSSR count). The van der Waals surface area contributed by atoms with E-state index in [-0.39, 0.29) is 30.1 Å². The van der Waals surface area contributed by atoms with Crippen molar-refractivity contribution < 1.29 is 28.5 Å². The van der Waals surface area contributed by atoms with Gasteiger partial charge in [0.25, 0.3) is 5.91 Å². The third-order valence-corrected chi connectivity index (χ3v) is 5.10. The Bertz CT molecular complexity index is 830. The highest BCUT2D eigenvalue weighted by atomic mass is 16.7. The molecule has 0 bridgehead atoms. The second kappa shape index (κ2) is 10.4. The van der Waals surface area contributed by atoms with Gasteiger partial charge in [-0.15, -0.1) is 0 Å². The Balaban J connectivity index is 1.97. The second-order valence-electron chi connectivity index (χ2n) is 6.96. The van der Waals surface area contributed by atoms with Crippen LogP contribution in [0.3, 0.4) is 0 Å². The fraction of sp³-hybridized carbons (Fsp3) is 0.500. The summed E-state index contributed by atoms with van der Waals surface area (Å²) in [5.74, 6) is -0.266. The number of allylic oxidation sites excluding steroid dienone is 1. The maximum Gasteiger partial charge on any atom is 0.286 e. The molecule has 29 heavy (non-hydrogen) atoms. The van der Waals surface area contributed by atoms with Crippen molar-refractivity contribution in [2.45, 2.75) is 32.0 Å². The van der Waals surface area contributed by atoms with Crippen molar-refractivity contribution in [3.8, 4) is 0 Å². The minimum atomic E-state index is -0.585. The van der Waals surface area contributed by atoms with Gasteiger partial charge in [-0.1, -0.05) is 18.2 Å². The van der Waals surface area contributed by atoms with Gasteiger partial charge < -0.3 is 29.1 Å². The largest absolute Gasteiger partial charge is 0.464 e. The van der Waals surface area contributed by atoms with Crippen LogP contribution >= 0.6 is 0 Å². The molecule has 0 saturated carbocycles. The number of amides is 1. The van der Waals surface area contributed by atoms with E-state index in [1.165, 1.54) is 0 Å². The number of fused-ring (bicyclic) bond motifs is 1. The summed E-state index contributed by atoms with van der Waals surface area (Å²) in [4.78, 5) is 12.6. The third-order valence-electron chi connectivity index (χ3n) is 5.10. The Morgan fingerprint density at radius 2 is 2.14 bits per heavy atom. The van der Waals surface area contributed by atoms with Crippen LogP contribution in [0.1, 0.15) is 31.2 Å². The van der Waals surface area contributed by atoms with Crippen LogP contribution in [-0.4, -0.2) is 50.8 Å². The summed E-state index contributed by atoms with van der Waals surface area (Å²) in [6.45, 7) is 3.25. The fourth-order valence-electron chi connectivity index (χ4n) is 3.73. The summed E-state index contributed by atoms with van der Waals surface area (Å²) in [7, 11) is 1.58. The van der Waals surface area contributed by atoms with Crippen molar-refractivity contribution in [1.82, 2.24) is 5.32 Å². The topological polar surface area (TPSA) is 90.2 Å². The van der Waals surface area contributed by atoms with Gasteiger partial charge in [0.2, 0.25) is 6.29 Å². The molecule has 2 N–H and O–H groups in total. The lowest BCUT2D eigenvalue weighted by Crippen LogP contribution is -2.39. The Morgan fingerprint density at radius 1 is 1.31 bits per heavy atom. The van der Waals surface area contributed by atoms with Crippen molar-refractivity contribution in [1.29, 1.82) is 0 Å². The number of ether oxygens (including phenoxy) is 3. The van der Waals surface area contributed by atoms with E-state index in [0.29, 0.717) is 32.6 Å². The van der Waals surface area contributed by atoms with Gasteiger partial charge in [0.15, 0.2) is 5.76 Å². The number of aliphatic hydroxyl groups excluding tert-OH is 1. The predicted octanol–water partition coefficient (Wildman–Crippen LogP) is 2.94. The highest BCUT2D eigenvalue weighted by Crippen LogP contribution is 2.42. The maximum atomic E-state index is 12.6. The first-order chi connectivity index (χ1) is 14.2. The molecule has 7 heteroatoms. The standard InChI is InChI=1S/C22H29NO6/c1-3-27-22-16(8-6-11-24)17(13-20(29-22)21(25)23-10-12-26-2)18-14-28-19-9-5-4-7-15(18)19/h4-5,7,9,13-14,16-17,22,24H,3,6,8,10-12H2,1-2H3,(H,23,25)/t16-,17-,22+/m1/s1. The van der Waals surface area contributed by atoms with Crippen molar-refractivity contribution in [2.24, 2.45) is 5.92 Å². The number of aliphatic hydroxyl groups is 1. The van der Waals surface area contributed by atoms with E-state index < -0.39 is 6.29 Å². The smallest absolute Gasteiger partial charge is 0.286 e. The molecular formula is C22H29NO6. The van der Waals surface area contributed by atoms with Gasteiger partial charge in [0.1, 0.15) is 5.58 Å². The molecule has 1 aliphatic heterocycles. The third kappa shape index (κ3) is 4.98. The summed E-state index contributed by atoms with van der Waals surface area (Å²) in [5.41, 5.74) is 1.78. The Morgan fingerprint density at radius 3 is 2.90 bits per heavy atom. The lowest BCUT2D eigenvalue weighted by atomic mass is 9.80. The second-order valence-corrected chi connectivity index (χ2v) is 6.96. The molecule has 1 aromatic carbocycles. The molecule has 1 aromatic heterocycles. The quantitative estimate of drug-likeness (QED) is 0.593. The molecule has 2 heterocycles. The van der Waals surface area contributed by atoms with Crippen LogP contribution in [0.15, 0.2) is 46.8 Å². The summed E-state index contributed by atoms with van der Waals surface area (Å²) in [6, 6.07) is 7.82. The number of hydrogen-bond acceptors (Lipinski definition) is 6. The fourth-order valence-corrected chi connectivity index (χ4v) is 3.73. The molecule has 0 aliphatic carbocycles. The molecule has 1 amide bonds. The maximum absolute atomic E-state index is 12.6. The van der Waals surface area contributed by atoms with Gasteiger partial charge in [0, 0.05) is 49.7 Å². The minimum absolute atomic E-state index is 0.0568. The van der Waals surface area contributed by atoms with E-state index in [2.05, 4.69) is 5.32 Å². The van der Waals surface area contributed by atoms with Crippen LogP contribution in [0.4, 0.5) is 0 Å². The molecule has 0 unspecified atom stereocenters. The van der Waals surface area contributed by atoms with Gasteiger partial charge in [0.05, 0.1) is 12.9 Å². The van der Waals surface area contributed by atoms with Gasteiger partial charge in [-0.3, -0.25) is 4.79 Å². The SMILES string of the molecule is CCO[C@H]1OC(C(=O)NCCOC)=C[C@@H](c2coc3ccccc23)[C@H]1CCCO. The summed E-state index contributed by atoms with van der Waals surface area (Å²) < 4.78 is 22.5. The summed E-state index contributed by atoms with van der Waals surface area (Å²) >= 11 is 0. The molecule has 0 fully saturated rings. The molecule has 3 atom stereocenters. The van der Waals surface area contributed by atoms with Gasteiger partial charge in [-0.2, -0.15) is 0 Å². The van der Waals surface area contributed by atoms with E-state index in [4.69, 9.17) is 18.6 Å². The van der Waals surface area contributed by atoms with E-state index in [9.17, 15) is 9.90 Å². The van der Waals surface area contributed by atoms with Gasteiger partial charge in [-0.05, 0) is 31.9 Å². The molecule has 1 aliphatic rings. The number of para-hydroxylation sites is 1. The normalized spacial score (nSPS) is 21.6. The number of benzene rings is 1. The van der Waals surface area contributed by atoms with Crippen molar-refractivity contribution in [3.63, 3.8) is 0 Å². The highest BCUT2D eigenvalue weighted by molar-refractivity contribution is 5.92. The predicted molar refractivity (Wildman–Crippen MR) is 108 cm³/mol. The first kappa shape index (κ1) is 21.4. The average Bonchev–Trinajstić information content (AvgIpc) is 3.16. The van der Waals surface area contributed by atoms with Gasteiger partial charge >= 0.3 is 0 Å². The Kier molecular flexibility index (Phi) is 7.69. The number of furan rings is 1. The molecule has 0 radical (unpaired) electrons. The zero-order chi connectivity index (χ0) is 20.6. The van der Waals surface area contributed by atoms with Crippen LogP contribution in [-0.2, 0) is 19.0 Å². The number of carbonyl (C=O) groups excluding carboxylic acids is 1. The van der Waals surface area contributed by atoms with E-state index in [0.717, 1.165) is 16.5 Å². The van der Waals surface area contributed by atoms with Crippen LogP contribution in [0.2, 0.25) is 0 Å². The first-order valence-electron chi connectivity index (χ1n) is 10.0. The number of nitrogens with one attached hydrogen (secondary N) is 1. The van der Waals surface area contributed by atoms with Crippen molar-refractivity contribution in [3.05, 3.63) is 47.9 Å². The summed E-state index contributed by atoms with van der Waals surface area (Å²) in [6.07, 6.45) is 4.32. The number of rotatable bonds is 10. The number of carbonyl (C=O) groups is 1. The number of hydrogen-bond donors (Lipinski definition) is 2. The highest BCUT2D eigenvalue weighted by Gasteiger charge is 2.39. The van der Waals surface area contributed by atoms with E-state index >= 15 is 0 Å².